The van der Waals surface area contributed by atoms with Gasteiger partial charge in [0.15, 0.2) is 0 Å². The van der Waals surface area contributed by atoms with Gasteiger partial charge >= 0.3 is 12.3 Å². The van der Waals surface area contributed by atoms with Gasteiger partial charge in [-0.05, 0) is 17.7 Å². The van der Waals surface area contributed by atoms with Crippen LogP contribution < -0.4 is 4.74 Å². The van der Waals surface area contributed by atoms with Crippen LogP contribution in [0.2, 0.25) is 0 Å². The van der Waals surface area contributed by atoms with Gasteiger partial charge in [0, 0.05) is 0 Å². The summed E-state index contributed by atoms with van der Waals surface area (Å²) in [5, 5.41) is 8.79. The number of nitriles is 1. The number of hydrogen-bond donors (Lipinski definition) is 0. The van der Waals surface area contributed by atoms with Gasteiger partial charge in [0.05, 0.1) is 25.2 Å². The number of alkyl halides is 3. The second-order valence-electron chi connectivity index (χ2n) is 3.23. The van der Waals surface area contributed by atoms with Crippen LogP contribution in [-0.2, 0) is 16.0 Å². The number of hydrogen-bond acceptors (Lipinski definition) is 4. The third-order valence-corrected chi connectivity index (χ3v) is 2.00. The minimum atomic E-state index is -4.82. The maximum atomic E-state index is 12.0. The smallest absolute Gasteiger partial charge is 0.469 e. The molecule has 0 saturated heterocycles. The normalized spacial score (nSPS) is 10.6. The van der Waals surface area contributed by atoms with Gasteiger partial charge in [-0.1, -0.05) is 6.07 Å². The van der Waals surface area contributed by atoms with Gasteiger partial charge in [0.1, 0.15) is 5.75 Å². The summed E-state index contributed by atoms with van der Waals surface area (Å²) >= 11 is 0. The van der Waals surface area contributed by atoms with Crippen LogP contribution in [0.1, 0.15) is 11.1 Å². The first-order valence-electron chi connectivity index (χ1n) is 4.71. The molecule has 0 fully saturated rings. The quantitative estimate of drug-likeness (QED) is 0.780. The molecule has 7 heteroatoms. The van der Waals surface area contributed by atoms with Crippen molar-refractivity contribution in [2.45, 2.75) is 12.8 Å². The van der Waals surface area contributed by atoms with Gasteiger partial charge in [0.25, 0.3) is 0 Å². The first-order valence-corrected chi connectivity index (χ1v) is 4.71. The molecule has 0 atom stereocenters. The molecule has 0 aromatic heterocycles. The van der Waals surface area contributed by atoms with Crippen molar-refractivity contribution in [1.29, 1.82) is 5.26 Å². The highest BCUT2D eigenvalue weighted by Gasteiger charge is 2.31. The van der Waals surface area contributed by atoms with Crippen LogP contribution >= 0.6 is 0 Å². The van der Waals surface area contributed by atoms with Crippen LogP contribution in [0.4, 0.5) is 13.2 Å². The third kappa shape index (κ3) is 3.97. The predicted molar refractivity (Wildman–Crippen MR) is 53.6 cm³/mol. The Kier molecular flexibility index (Phi) is 4.15. The fourth-order valence-corrected chi connectivity index (χ4v) is 1.24. The van der Waals surface area contributed by atoms with E-state index in [9.17, 15) is 18.0 Å². The fraction of sp³-hybridized carbons (Fsp3) is 0.273. The molecular formula is C11H8F3NO3. The summed E-state index contributed by atoms with van der Waals surface area (Å²) in [6.45, 7) is 0. The molecule has 0 aliphatic heterocycles. The number of rotatable bonds is 3. The highest BCUT2D eigenvalue weighted by molar-refractivity contribution is 5.73. The third-order valence-electron chi connectivity index (χ3n) is 2.00. The first-order chi connectivity index (χ1) is 8.35. The van der Waals surface area contributed by atoms with E-state index in [0.29, 0.717) is 0 Å². The summed E-state index contributed by atoms with van der Waals surface area (Å²) in [6.07, 6.45) is -5.01. The number of methoxy groups -OCH3 is 1. The van der Waals surface area contributed by atoms with Crippen molar-refractivity contribution in [2.24, 2.45) is 0 Å². The molecule has 0 radical (unpaired) electrons. The number of esters is 1. The SMILES string of the molecule is COC(=O)Cc1ccc(OC(F)(F)F)cc1C#N. The van der Waals surface area contributed by atoms with Gasteiger partial charge in [-0.25, -0.2) is 0 Å². The molecule has 18 heavy (non-hydrogen) atoms. The zero-order chi connectivity index (χ0) is 13.8. The Bertz CT molecular complexity index is 491. The van der Waals surface area contributed by atoms with Crippen LogP contribution in [0.25, 0.3) is 0 Å². The molecule has 0 heterocycles. The molecule has 1 rings (SSSR count). The van der Waals surface area contributed by atoms with Crippen molar-refractivity contribution in [2.75, 3.05) is 7.11 Å². The van der Waals surface area contributed by atoms with E-state index in [1.165, 1.54) is 13.2 Å². The van der Waals surface area contributed by atoms with Crippen LogP contribution in [0.15, 0.2) is 18.2 Å². The van der Waals surface area contributed by atoms with Crippen molar-refractivity contribution < 1.29 is 27.4 Å². The number of nitrogens with zero attached hydrogens (tertiary/aromatic N) is 1. The second-order valence-corrected chi connectivity index (χ2v) is 3.23. The number of benzene rings is 1. The van der Waals surface area contributed by atoms with Crippen molar-refractivity contribution in [3.8, 4) is 11.8 Å². The number of ether oxygens (including phenoxy) is 2. The molecule has 0 bridgehead atoms. The molecule has 0 aliphatic carbocycles. The lowest BCUT2D eigenvalue weighted by Crippen LogP contribution is -2.17. The van der Waals surface area contributed by atoms with Gasteiger partial charge in [0.2, 0.25) is 0 Å². The van der Waals surface area contributed by atoms with Crippen LogP contribution in [0.3, 0.4) is 0 Å². The second kappa shape index (κ2) is 5.40. The maximum Gasteiger partial charge on any atom is 0.573 e. The summed E-state index contributed by atoms with van der Waals surface area (Å²) in [6, 6.07) is 4.87. The lowest BCUT2D eigenvalue weighted by molar-refractivity contribution is -0.274. The first kappa shape index (κ1) is 13.8. The monoisotopic (exact) mass is 259 g/mol. The minimum absolute atomic E-state index is 0.0675. The molecule has 1 aromatic carbocycles. The number of halogens is 3. The Labute approximate surface area is 101 Å². The molecule has 0 amide bonds. The fourth-order valence-electron chi connectivity index (χ4n) is 1.24. The summed E-state index contributed by atoms with van der Waals surface area (Å²) in [5.41, 5.74) is 0.209. The predicted octanol–water partition coefficient (Wildman–Crippen LogP) is 2.17. The lowest BCUT2D eigenvalue weighted by Gasteiger charge is -2.10. The van der Waals surface area contributed by atoms with Crippen molar-refractivity contribution >= 4 is 5.97 Å². The molecule has 0 saturated carbocycles. The standard InChI is InChI=1S/C11H8F3NO3/c1-17-10(16)5-7-2-3-9(4-8(7)6-15)18-11(12,13)14/h2-4H,5H2,1H3. The van der Waals surface area contributed by atoms with Crippen molar-refractivity contribution in [1.82, 2.24) is 0 Å². The van der Waals surface area contributed by atoms with E-state index in [0.717, 1.165) is 12.1 Å². The van der Waals surface area contributed by atoms with Crippen molar-refractivity contribution in [3.05, 3.63) is 29.3 Å². The molecule has 0 spiro atoms. The molecule has 96 valence electrons. The van der Waals surface area contributed by atoms with Crippen LogP contribution in [0.5, 0.6) is 5.75 Å². The van der Waals surface area contributed by atoms with Gasteiger partial charge in [-0.3, -0.25) is 4.79 Å². The lowest BCUT2D eigenvalue weighted by atomic mass is 10.1. The Balaban J connectivity index is 2.98. The van der Waals surface area contributed by atoms with E-state index in [-0.39, 0.29) is 17.5 Å². The van der Waals surface area contributed by atoms with E-state index >= 15 is 0 Å². The Morgan fingerprint density at radius 3 is 2.61 bits per heavy atom. The summed E-state index contributed by atoms with van der Waals surface area (Å²) in [7, 11) is 1.18. The summed E-state index contributed by atoms with van der Waals surface area (Å²) < 4.78 is 44.0. The molecular weight excluding hydrogens is 251 g/mol. The van der Waals surface area contributed by atoms with Gasteiger partial charge < -0.3 is 9.47 Å². The molecule has 1 aromatic rings. The van der Waals surface area contributed by atoms with Crippen LogP contribution in [-0.4, -0.2) is 19.4 Å². The highest BCUT2D eigenvalue weighted by Crippen LogP contribution is 2.25. The molecule has 4 nitrogen and oxygen atoms in total. The summed E-state index contributed by atoms with van der Waals surface area (Å²) in [5.74, 6) is -1.09. The zero-order valence-corrected chi connectivity index (χ0v) is 9.25. The van der Waals surface area contributed by atoms with E-state index < -0.39 is 18.1 Å². The van der Waals surface area contributed by atoms with Crippen molar-refractivity contribution in [3.63, 3.8) is 0 Å². The van der Waals surface area contributed by atoms with Gasteiger partial charge in [-0.2, -0.15) is 5.26 Å². The average Bonchev–Trinajstić information content (AvgIpc) is 2.28. The maximum absolute atomic E-state index is 12.0. The number of carbonyl (C=O) groups is 1. The average molecular weight is 259 g/mol. The Morgan fingerprint density at radius 1 is 1.44 bits per heavy atom. The summed E-state index contributed by atoms with van der Waals surface area (Å²) in [4.78, 5) is 11.0. The van der Waals surface area contributed by atoms with Gasteiger partial charge in [-0.15, -0.1) is 13.2 Å². The molecule has 0 aliphatic rings. The topological polar surface area (TPSA) is 59.3 Å². The zero-order valence-electron chi connectivity index (χ0n) is 9.25. The largest absolute Gasteiger partial charge is 0.573 e. The van der Waals surface area contributed by atoms with E-state index in [1.807, 2.05) is 0 Å². The number of carbonyl (C=O) groups excluding carboxylic acids is 1. The Hall–Kier alpha value is -2.23. The van der Waals surface area contributed by atoms with Crippen LogP contribution in [0, 0.1) is 11.3 Å². The Morgan fingerprint density at radius 2 is 2.11 bits per heavy atom. The van der Waals surface area contributed by atoms with E-state index in [4.69, 9.17) is 5.26 Å². The molecule has 0 N–H and O–H groups in total. The van der Waals surface area contributed by atoms with E-state index in [1.54, 1.807) is 6.07 Å². The minimum Gasteiger partial charge on any atom is -0.469 e. The highest BCUT2D eigenvalue weighted by atomic mass is 19.4. The van der Waals surface area contributed by atoms with E-state index in [2.05, 4.69) is 9.47 Å². The molecule has 0 unspecified atom stereocenters.